The van der Waals surface area contributed by atoms with Crippen molar-refractivity contribution in [1.82, 2.24) is 4.90 Å². The third-order valence-electron chi connectivity index (χ3n) is 2.27. The van der Waals surface area contributed by atoms with Crippen LogP contribution >= 0.6 is 0 Å². The Morgan fingerprint density at radius 3 is 2.85 bits per heavy atom. The van der Waals surface area contributed by atoms with Crippen molar-refractivity contribution in [3.63, 3.8) is 0 Å². The van der Waals surface area contributed by atoms with Gasteiger partial charge < -0.3 is 4.90 Å². The number of aliphatic imine (C=N–C) groups is 1. The number of nitrogens with zero attached hydrogens (tertiary/aromatic N) is 2. The minimum atomic E-state index is 0.307. The molecule has 0 aromatic carbocycles. The summed E-state index contributed by atoms with van der Waals surface area (Å²) in [5.41, 5.74) is 2.51. The zero-order chi connectivity index (χ0) is 9.42. The van der Waals surface area contributed by atoms with Gasteiger partial charge in [-0.05, 0) is 44.6 Å². The van der Waals surface area contributed by atoms with Crippen LogP contribution in [0.3, 0.4) is 0 Å². The maximum Gasteiger partial charge on any atom is 0.132 e. The first-order valence-electron chi connectivity index (χ1n) is 4.59. The molecule has 1 unspecified atom stereocenters. The van der Waals surface area contributed by atoms with Crippen LogP contribution in [0.1, 0.15) is 20.8 Å². The van der Waals surface area contributed by atoms with Crippen LogP contribution < -0.4 is 0 Å². The second-order valence-electron chi connectivity index (χ2n) is 3.61. The Hall–Kier alpha value is -1.31. The van der Waals surface area contributed by atoms with E-state index in [0.717, 1.165) is 5.84 Å². The maximum absolute atomic E-state index is 4.54. The SMILES string of the molecule is CC1=CC2=NC(C)C=CN2C(C)=C1. The van der Waals surface area contributed by atoms with Crippen LogP contribution in [0.25, 0.3) is 0 Å². The topological polar surface area (TPSA) is 15.6 Å². The summed E-state index contributed by atoms with van der Waals surface area (Å²) in [5.74, 6) is 1.06. The highest BCUT2D eigenvalue weighted by Crippen LogP contribution is 2.20. The fraction of sp³-hybridized carbons (Fsp3) is 0.364. The quantitative estimate of drug-likeness (QED) is 0.551. The van der Waals surface area contributed by atoms with E-state index in [1.807, 2.05) is 0 Å². The molecule has 2 nitrogen and oxygen atoms in total. The Kier molecular flexibility index (Phi) is 1.83. The fourth-order valence-electron chi connectivity index (χ4n) is 1.65. The normalized spacial score (nSPS) is 26.2. The molecule has 2 aliphatic heterocycles. The van der Waals surface area contributed by atoms with Crippen molar-refractivity contribution in [1.29, 1.82) is 0 Å². The Balaban J connectivity index is 2.40. The molecule has 13 heavy (non-hydrogen) atoms. The largest absolute Gasteiger partial charge is 0.306 e. The van der Waals surface area contributed by atoms with Crippen molar-refractivity contribution >= 4 is 5.84 Å². The highest BCUT2D eigenvalue weighted by molar-refractivity contribution is 5.97. The minimum Gasteiger partial charge on any atom is -0.306 e. The second-order valence-corrected chi connectivity index (χ2v) is 3.61. The first-order chi connectivity index (χ1) is 6.16. The number of rotatable bonds is 0. The molecule has 0 N–H and O–H groups in total. The molecule has 0 spiro atoms. The Bertz CT molecular complexity index is 345. The van der Waals surface area contributed by atoms with E-state index in [-0.39, 0.29) is 0 Å². The molecular weight excluding hydrogens is 160 g/mol. The van der Waals surface area contributed by atoms with Crippen LogP contribution in [0.2, 0.25) is 0 Å². The van der Waals surface area contributed by atoms with E-state index in [0.29, 0.717) is 6.04 Å². The van der Waals surface area contributed by atoms with Crippen molar-refractivity contribution in [2.24, 2.45) is 4.99 Å². The summed E-state index contributed by atoms with van der Waals surface area (Å²) >= 11 is 0. The van der Waals surface area contributed by atoms with E-state index < -0.39 is 0 Å². The van der Waals surface area contributed by atoms with E-state index in [4.69, 9.17) is 0 Å². The third kappa shape index (κ3) is 1.44. The van der Waals surface area contributed by atoms with Gasteiger partial charge in [0.1, 0.15) is 5.84 Å². The summed E-state index contributed by atoms with van der Waals surface area (Å²) in [7, 11) is 0. The summed E-state index contributed by atoms with van der Waals surface area (Å²) in [6.07, 6.45) is 8.49. The number of hydrogen-bond acceptors (Lipinski definition) is 2. The molecule has 0 bridgehead atoms. The fourth-order valence-corrected chi connectivity index (χ4v) is 1.65. The van der Waals surface area contributed by atoms with Gasteiger partial charge in [0, 0.05) is 11.9 Å². The van der Waals surface area contributed by atoms with Crippen LogP contribution in [0.4, 0.5) is 0 Å². The summed E-state index contributed by atoms with van der Waals surface area (Å²) in [5, 5.41) is 0. The number of amidine groups is 1. The van der Waals surface area contributed by atoms with Crippen molar-refractivity contribution in [2.45, 2.75) is 26.8 Å². The van der Waals surface area contributed by atoms with Gasteiger partial charge in [-0.25, -0.2) is 0 Å². The molecule has 0 aromatic heterocycles. The van der Waals surface area contributed by atoms with E-state index in [1.165, 1.54) is 11.3 Å². The summed E-state index contributed by atoms with van der Waals surface area (Å²) in [6.45, 7) is 6.30. The zero-order valence-electron chi connectivity index (χ0n) is 8.28. The molecule has 0 saturated heterocycles. The minimum absolute atomic E-state index is 0.307. The van der Waals surface area contributed by atoms with Gasteiger partial charge in [-0.15, -0.1) is 0 Å². The van der Waals surface area contributed by atoms with Crippen LogP contribution in [0.15, 0.2) is 40.7 Å². The lowest BCUT2D eigenvalue weighted by atomic mass is 10.1. The monoisotopic (exact) mass is 174 g/mol. The molecule has 2 rings (SSSR count). The van der Waals surface area contributed by atoms with Crippen molar-refractivity contribution in [2.75, 3.05) is 0 Å². The van der Waals surface area contributed by atoms with Gasteiger partial charge in [-0.1, -0.05) is 0 Å². The van der Waals surface area contributed by atoms with Gasteiger partial charge in [-0.2, -0.15) is 0 Å². The molecule has 0 radical (unpaired) electrons. The molecular formula is C11H14N2. The average molecular weight is 174 g/mol. The smallest absolute Gasteiger partial charge is 0.132 e. The Labute approximate surface area is 79.0 Å². The first-order valence-corrected chi connectivity index (χ1v) is 4.59. The van der Waals surface area contributed by atoms with Gasteiger partial charge in [-0.3, -0.25) is 4.99 Å². The van der Waals surface area contributed by atoms with E-state index in [9.17, 15) is 0 Å². The van der Waals surface area contributed by atoms with E-state index in [1.54, 1.807) is 0 Å². The average Bonchev–Trinajstić information content (AvgIpc) is 2.02. The lowest BCUT2D eigenvalue weighted by Crippen LogP contribution is -2.29. The Morgan fingerprint density at radius 1 is 1.31 bits per heavy atom. The zero-order valence-corrected chi connectivity index (χ0v) is 8.28. The second kappa shape index (κ2) is 2.87. The first kappa shape index (κ1) is 8.30. The van der Waals surface area contributed by atoms with Crippen LogP contribution in [0, 0.1) is 0 Å². The molecule has 0 saturated carbocycles. The summed E-state index contributed by atoms with van der Waals surface area (Å²) in [4.78, 5) is 6.66. The highest BCUT2D eigenvalue weighted by atomic mass is 15.2. The van der Waals surface area contributed by atoms with Gasteiger partial charge >= 0.3 is 0 Å². The molecule has 0 fully saturated rings. The van der Waals surface area contributed by atoms with Crippen LogP contribution in [0.5, 0.6) is 0 Å². The molecule has 0 amide bonds. The molecule has 0 aliphatic carbocycles. The lowest BCUT2D eigenvalue weighted by molar-refractivity contribution is 0.647. The predicted octanol–water partition coefficient (Wildman–Crippen LogP) is 2.47. The summed E-state index contributed by atoms with van der Waals surface area (Å²) < 4.78 is 0. The van der Waals surface area contributed by atoms with Crippen molar-refractivity contribution in [3.05, 3.63) is 35.7 Å². The molecule has 68 valence electrons. The third-order valence-corrected chi connectivity index (χ3v) is 2.27. The van der Waals surface area contributed by atoms with Crippen LogP contribution in [-0.4, -0.2) is 16.8 Å². The Morgan fingerprint density at radius 2 is 2.08 bits per heavy atom. The lowest BCUT2D eigenvalue weighted by Gasteiger charge is -2.28. The van der Waals surface area contributed by atoms with Crippen molar-refractivity contribution in [3.8, 4) is 0 Å². The molecule has 2 heteroatoms. The number of fused-ring (bicyclic) bond motifs is 1. The van der Waals surface area contributed by atoms with Crippen molar-refractivity contribution < 1.29 is 0 Å². The van der Waals surface area contributed by atoms with Crippen LogP contribution in [-0.2, 0) is 0 Å². The number of allylic oxidation sites excluding steroid dienone is 3. The molecule has 0 aromatic rings. The standard InChI is InChI=1S/C11H14N2/c1-8-6-10(3)13-5-4-9(2)12-11(13)7-8/h4-7,9H,1-3H3. The highest BCUT2D eigenvalue weighted by Gasteiger charge is 2.16. The molecule has 1 atom stereocenters. The van der Waals surface area contributed by atoms with Gasteiger partial charge in [0.25, 0.3) is 0 Å². The maximum atomic E-state index is 4.54. The molecule has 2 aliphatic rings. The van der Waals surface area contributed by atoms with E-state index >= 15 is 0 Å². The van der Waals surface area contributed by atoms with E-state index in [2.05, 4.69) is 55.1 Å². The van der Waals surface area contributed by atoms with Gasteiger partial charge in [0.15, 0.2) is 0 Å². The van der Waals surface area contributed by atoms with Gasteiger partial charge in [0.05, 0.1) is 6.04 Å². The van der Waals surface area contributed by atoms with Gasteiger partial charge in [0.2, 0.25) is 0 Å². The predicted molar refractivity (Wildman–Crippen MR) is 55.4 cm³/mol. The molecule has 2 heterocycles. The number of hydrogen-bond donors (Lipinski definition) is 0. The summed E-state index contributed by atoms with van der Waals surface area (Å²) in [6, 6.07) is 0.307.